The van der Waals surface area contributed by atoms with Crippen molar-refractivity contribution in [1.29, 1.82) is 0 Å². The lowest BCUT2D eigenvalue weighted by Crippen LogP contribution is -2.70. The van der Waals surface area contributed by atoms with Crippen LogP contribution in [0.5, 0.6) is 0 Å². The van der Waals surface area contributed by atoms with Crippen molar-refractivity contribution in [3.8, 4) is 0 Å². The smallest absolute Gasteiger partial charge is 0.302 e. The van der Waals surface area contributed by atoms with Gasteiger partial charge in [0.05, 0.1) is 49.5 Å². The Labute approximate surface area is 223 Å². The molecule has 3 aliphatic carbocycles. The number of ether oxygens (including phenoxy) is 4. The molecule has 0 aromatic carbocycles. The summed E-state index contributed by atoms with van der Waals surface area (Å²) in [5.74, 6) is -0.733. The number of fused-ring (bicyclic) bond motifs is 4. The molecule has 6 rings (SSSR count). The molecule has 4 fully saturated rings. The van der Waals surface area contributed by atoms with Crippen molar-refractivity contribution < 1.29 is 37.7 Å². The number of Topliss-reactive ketones (excluding diaryl/α,β-unsaturated/α-hetero) is 1. The number of rotatable bonds is 5. The lowest BCUT2D eigenvalue weighted by molar-refractivity contribution is -0.230. The Balaban J connectivity index is 1.53. The van der Waals surface area contributed by atoms with Gasteiger partial charge in [0.2, 0.25) is 0 Å². The summed E-state index contributed by atoms with van der Waals surface area (Å²) in [6.45, 7) is 12.0. The molecule has 0 radical (unpaired) electrons. The number of ketones is 1. The molecule has 3 heterocycles. The maximum atomic E-state index is 13.6. The van der Waals surface area contributed by atoms with Crippen LogP contribution < -0.4 is 0 Å². The Morgan fingerprint density at radius 2 is 1.92 bits per heavy atom. The van der Waals surface area contributed by atoms with Crippen LogP contribution >= 0.6 is 0 Å². The first-order chi connectivity index (χ1) is 17.9. The van der Waals surface area contributed by atoms with Crippen LogP contribution in [0.2, 0.25) is 0 Å². The van der Waals surface area contributed by atoms with E-state index in [1.54, 1.807) is 12.5 Å². The molecule has 2 saturated carbocycles. The lowest BCUT2D eigenvalue weighted by Gasteiger charge is -2.64. The summed E-state index contributed by atoms with van der Waals surface area (Å²) >= 11 is 0. The fourth-order valence-corrected chi connectivity index (χ4v) is 9.56. The molecule has 5 aliphatic rings. The van der Waals surface area contributed by atoms with Gasteiger partial charge in [-0.15, -0.1) is 0 Å². The van der Waals surface area contributed by atoms with E-state index in [1.807, 2.05) is 13.0 Å². The summed E-state index contributed by atoms with van der Waals surface area (Å²) in [4.78, 5) is 37.7. The van der Waals surface area contributed by atoms with Gasteiger partial charge < -0.3 is 23.4 Å². The first kappa shape index (κ1) is 25.8. The molecule has 0 amide bonds. The number of hydrogen-bond donors (Lipinski definition) is 0. The van der Waals surface area contributed by atoms with Crippen LogP contribution in [0.15, 0.2) is 34.2 Å². The molecule has 8 heteroatoms. The number of allylic oxidation sites excluding steroid dienone is 1. The number of furan rings is 1. The monoisotopic (exact) mass is 526 g/mol. The van der Waals surface area contributed by atoms with Gasteiger partial charge in [-0.2, -0.15) is 0 Å². The number of hydrogen-bond acceptors (Lipinski definition) is 8. The molecule has 8 nitrogen and oxygen atoms in total. The van der Waals surface area contributed by atoms with E-state index in [0.29, 0.717) is 13.0 Å². The van der Waals surface area contributed by atoms with Crippen LogP contribution in [-0.4, -0.2) is 55.4 Å². The second-order valence-corrected chi connectivity index (χ2v) is 12.7. The largest absolute Gasteiger partial charge is 0.472 e. The van der Waals surface area contributed by atoms with Crippen molar-refractivity contribution in [2.24, 2.45) is 28.1 Å². The van der Waals surface area contributed by atoms with Gasteiger partial charge in [-0.25, -0.2) is 0 Å². The molecule has 2 saturated heterocycles. The van der Waals surface area contributed by atoms with Crippen LogP contribution in [0, 0.1) is 28.1 Å². The molecule has 1 aromatic rings. The van der Waals surface area contributed by atoms with Crippen LogP contribution in [0.3, 0.4) is 0 Å². The Morgan fingerprint density at radius 3 is 2.58 bits per heavy atom. The third kappa shape index (κ3) is 3.25. The van der Waals surface area contributed by atoms with Gasteiger partial charge in [-0.1, -0.05) is 26.3 Å². The molecule has 0 N–H and O–H groups in total. The number of carbonyl (C=O) groups is 3. The highest BCUT2D eigenvalue weighted by molar-refractivity contribution is 5.87. The molecule has 2 unspecified atom stereocenters. The quantitative estimate of drug-likeness (QED) is 0.412. The van der Waals surface area contributed by atoms with Crippen molar-refractivity contribution in [3.05, 3.63) is 35.3 Å². The van der Waals surface area contributed by atoms with Crippen molar-refractivity contribution in [3.63, 3.8) is 0 Å². The average Bonchev–Trinajstić information content (AvgIpc) is 3.60. The zero-order valence-corrected chi connectivity index (χ0v) is 23.1. The summed E-state index contributed by atoms with van der Waals surface area (Å²) in [7, 11) is 0. The van der Waals surface area contributed by atoms with Gasteiger partial charge in [0, 0.05) is 42.9 Å². The highest BCUT2D eigenvalue weighted by Crippen LogP contribution is 2.73. The molecular formula is C30H38O8. The molecule has 0 bridgehead atoms. The van der Waals surface area contributed by atoms with Gasteiger partial charge >= 0.3 is 11.9 Å². The van der Waals surface area contributed by atoms with Crippen LogP contribution in [0.25, 0.3) is 0 Å². The highest BCUT2D eigenvalue weighted by atomic mass is 16.6. The Morgan fingerprint density at radius 1 is 1.16 bits per heavy atom. The summed E-state index contributed by atoms with van der Waals surface area (Å²) < 4.78 is 30.3. The third-order valence-corrected chi connectivity index (χ3v) is 10.9. The van der Waals surface area contributed by atoms with E-state index in [2.05, 4.69) is 20.8 Å². The van der Waals surface area contributed by atoms with Gasteiger partial charge in [-0.3, -0.25) is 14.4 Å². The van der Waals surface area contributed by atoms with Gasteiger partial charge in [0.25, 0.3) is 0 Å². The van der Waals surface area contributed by atoms with Crippen LogP contribution in [0.1, 0.15) is 72.3 Å². The van der Waals surface area contributed by atoms with E-state index in [1.165, 1.54) is 25.0 Å². The zero-order valence-electron chi connectivity index (χ0n) is 23.1. The van der Waals surface area contributed by atoms with E-state index in [-0.39, 0.29) is 60.8 Å². The summed E-state index contributed by atoms with van der Waals surface area (Å²) in [6.07, 6.45) is 3.82. The van der Waals surface area contributed by atoms with E-state index in [9.17, 15) is 14.4 Å². The predicted octanol–water partition coefficient (Wildman–Crippen LogP) is 4.37. The Bertz CT molecular complexity index is 1200. The lowest BCUT2D eigenvalue weighted by atomic mass is 9.40. The second-order valence-electron chi connectivity index (χ2n) is 12.7. The van der Waals surface area contributed by atoms with Crippen molar-refractivity contribution in [1.82, 2.24) is 0 Å². The first-order valence-electron chi connectivity index (χ1n) is 13.8. The molecule has 1 aromatic heterocycles. The average molecular weight is 527 g/mol. The molecule has 10 atom stereocenters. The number of esters is 2. The van der Waals surface area contributed by atoms with Gasteiger partial charge in [0.15, 0.2) is 0 Å². The Hall–Kier alpha value is -2.45. The standard InChI is InChI=1S/C30H38O8/c1-15-19(18-7-9-34-13-18)11-20-24(15)30(6)21(8-10-35-16(2)31)29(5)23(37-17(3)32)12-22(33)28(4)14-36-25(26(28)29)27(30)38-20/h7,9,13,19-21,23,25-27H,8,10-12,14H2,1-6H3/t19-,20-,21-,23-,25?,26?,27-,28-,29+,30-/m1/s1. The van der Waals surface area contributed by atoms with E-state index in [4.69, 9.17) is 23.4 Å². The molecule has 0 spiro atoms. The van der Waals surface area contributed by atoms with E-state index < -0.39 is 28.3 Å². The fraction of sp³-hybridized carbons (Fsp3) is 0.700. The summed E-state index contributed by atoms with van der Waals surface area (Å²) in [5.41, 5.74) is 1.93. The highest BCUT2D eigenvalue weighted by Gasteiger charge is 2.77. The minimum atomic E-state index is -0.694. The van der Waals surface area contributed by atoms with Crippen molar-refractivity contribution in [2.75, 3.05) is 13.2 Å². The van der Waals surface area contributed by atoms with Crippen molar-refractivity contribution in [2.45, 2.75) is 91.1 Å². The molecule has 206 valence electrons. The maximum Gasteiger partial charge on any atom is 0.302 e. The topological polar surface area (TPSA) is 101 Å². The normalized spacial score (nSPS) is 45.0. The van der Waals surface area contributed by atoms with Crippen molar-refractivity contribution >= 4 is 17.7 Å². The van der Waals surface area contributed by atoms with Crippen LogP contribution in [-0.2, 0) is 33.3 Å². The predicted molar refractivity (Wildman–Crippen MR) is 135 cm³/mol. The van der Waals surface area contributed by atoms with Crippen LogP contribution in [0.4, 0.5) is 0 Å². The second kappa shape index (κ2) is 8.52. The van der Waals surface area contributed by atoms with E-state index >= 15 is 0 Å². The minimum absolute atomic E-state index is 0.0738. The minimum Gasteiger partial charge on any atom is -0.472 e. The first-order valence-corrected chi connectivity index (χ1v) is 13.8. The summed E-state index contributed by atoms with van der Waals surface area (Å²) in [6, 6.07) is 2.01. The molecule has 38 heavy (non-hydrogen) atoms. The zero-order chi connectivity index (χ0) is 27.2. The summed E-state index contributed by atoms with van der Waals surface area (Å²) in [5, 5.41) is 0. The van der Waals surface area contributed by atoms with E-state index in [0.717, 1.165) is 12.0 Å². The SMILES string of the molecule is CC(=O)OCC[C@H]1[C@]2(C)C3=C(C)[C@H](c4ccoc4)C[C@H]3O[C@@H]2C2OC[C@]3(C)C(=O)C[C@@H](OC(C)=O)[C@@]1(C)C23. The maximum absolute atomic E-state index is 13.6. The number of carbonyl (C=O) groups excluding carboxylic acids is 3. The van der Waals surface area contributed by atoms with Gasteiger partial charge in [-0.05, 0) is 42.9 Å². The molecule has 2 aliphatic heterocycles. The molecular weight excluding hydrogens is 488 g/mol. The Kier molecular flexibility index (Phi) is 5.79. The third-order valence-electron chi connectivity index (χ3n) is 10.9. The van der Waals surface area contributed by atoms with Gasteiger partial charge in [0.1, 0.15) is 11.9 Å². The fourth-order valence-electron chi connectivity index (χ4n) is 9.56.